The molecule has 0 fully saturated rings. The molecule has 0 heterocycles. The van der Waals surface area contributed by atoms with Gasteiger partial charge in [-0.15, -0.1) is 0 Å². The molecular weight excluding hydrogens is 408 g/mol. The standard InChI is InChI=1S/C25H30N2O5/c1-4-17(3)27(14-24(29)30)23(28)13-16(2)26-25(31)32-15-22-20-11-7-5-9-18(20)19-10-6-8-12-21(19)22/h5-12,16-17,22H,4,13-15H2,1-3H3,(H,26,31)(H,29,30). The van der Waals surface area contributed by atoms with Gasteiger partial charge in [0.2, 0.25) is 5.91 Å². The SMILES string of the molecule is CCC(C)N(CC(=O)O)C(=O)CC(C)NC(=O)OCC1c2ccccc2-c2ccccc21. The van der Waals surface area contributed by atoms with Gasteiger partial charge in [-0.05, 0) is 42.5 Å². The maximum atomic E-state index is 12.6. The van der Waals surface area contributed by atoms with E-state index in [1.807, 2.05) is 38.1 Å². The van der Waals surface area contributed by atoms with E-state index in [1.165, 1.54) is 4.90 Å². The van der Waals surface area contributed by atoms with Gasteiger partial charge in [-0.2, -0.15) is 0 Å². The number of alkyl carbamates (subject to hydrolysis) is 1. The zero-order valence-corrected chi connectivity index (χ0v) is 18.7. The molecule has 7 nitrogen and oxygen atoms in total. The molecule has 7 heteroatoms. The highest BCUT2D eigenvalue weighted by Gasteiger charge is 2.29. The minimum atomic E-state index is -1.06. The number of amides is 2. The normalized spacial score (nSPS) is 14.1. The van der Waals surface area contributed by atoms with E-state index in [-0.39, 0.29) is 37.4 Å². The van der Waals surface area contributed by atoms with Crippen LogP contribution in [0.4, 0.5) is 4.79 Å². The van der Waals surface area contributed by atoms with E-state index >= 15 is 0 Å². The zero-order valence-electron chi connectivity index (χ0n) is 18.7. The molecule has 0 saturated heterocycles. The summed E-state index contributed by atoms with van der Waals surface area (Å²) >= 11 is 0. The lowest BCUT2D eigenvalue weighted by Crippen LogP contribution is -2.45. The number of carboxylic acids is 1. The van der Waals surface area contributed by atoms with E-state index in [4.69, 9.17) is 9.84 Å². The molecule has 0 saturated carbocycles. The molecule has 2 atom stereocenters. The van der Waals surface area contributed by atoms with Crippen LogP contribution in [0, 0.1) is 0 Å². The van der Waals surface area contributed by atoms with Crippen molar-refractivity contribution in [3.05, 3.63) is 59.7 Å². The smallest absolute Gasteiger partial charge is 0.407 e. The molecule has 170 valence electrons. The van der Waals surface area contributed by atoms with Crippen molar-refractivity contribution in [2.24, 2.45) is 0 Å². The summed E-state index contributed by atoms with van der Waals surface area (Å²) in [6.45, 7) is 5.24. The molecule has 1 aliphatic carbocycles. The quantitative estimate of drug-likeness (QED) is 0.617. The number of hydrogen-bond acceptors (Lipinski definition) is 4. The maximum Gasteiger partial charge on any atom is 0.407 e. The van der Waals surface area contributed by atoms with Gasteiger partial charge in [-0.25, -0.2) is 4.79 Å². The lowest BCUT2D eigenvalue weighted by Gasteiger charge is -2.28. The van der Waals surface area contributed by atoms with Gasteiger partial charge < -0.3 is 20.1 Å². The number of carboxylic acid groups (broad SMARTS) is 1. The molecule has 32 heavy (non-hydrogen) atoms. The van der Waals surface area contributed by atoms with Crippen molar-refractivity contribution < 1.29 is 24.2 Å². The van der Waals surface area contributed by atoms with Gasteiger partial charge in [-0.3, -0.25) is 9.59 Å². The lowest BCUT2D eigenvalue weighted by atomic mass is 9.98. The fourth-order valence-corrected chi connectivity index (χ4v) is 4.13. The Hall–Kier alpha value is -3.35. The summed E-state index contributed by atoms with van der Waals surface area (Å²) in [4.78, 5) is 37.4. The van der Waals surface area contributed by atoms with Crippen LogP contribution in [0.15, 0.2) is 48.5 Å². The third-order valence-corrected chi connectivity index (χ3v) is 5.94. The summed E-state index contributed by atoms with van der Waals surface area (Å²) in [5.41, 5.74) is 4.56. The second-order valence-corrected chi connectivity index (χ2v) is 8.25. The Morgan fingerprint density at radius 3 is 2.12 bits per heavy atom. The maximum absolute atomic E-state index is 12.6. The van der Waals surface area contributed by atoms with Crippen molar-refractivity contribution in [1.82, 2.24) is 10.2 Å². The molecule has 0 bridgehead atoms. The summed E-state index contributed by atoms with van der Waals surface area (Å²) in [5.74, 6) is -1.41. The Labute approximate surface area is 188 Å². The third-order valence-electron chi connectivity index (χ3n) is 5.94. The summed E-state index contributed by atoms with van der Waals surface area (Å²) < 4.78 is 5.52. The van der Waals surface area contributed by atoms with Crippen molar-refractivity contribution in [1.29, 1.82) is 0 Å². The van der Waals surface area contributed by atoms with Crippen molar-refractivity contribution in [2.75, 3.05) is 13.2 Å². The number of nitrogens with one attached hydrogen (secondary N) is 1. The number of ether oxygens (including phenoxy) is 1. The fourth-order valence-electron chi connectivity index (χ4n) is 4.13. The fraction of sp³-hybridized carbons (Fsp3) is 0.400. The van der Waals surface area contributed by atoms with Crippen LogP contribution in [0.2, 0.25) is 0 Å². The molecule has 3 rings (SSSR count). The second kappa shape index (κ2) is 10.3. The van der Waals surface area contributed by atoms with E-state index in [1.54, 1.807) is 6.92 Å². The molecule has 0 radical (unpaired) electrons. The first-order valence-electron chi connectivity index (χ1n) is 10.9. The molecule has 2 aromatic carbocycles. The first-order valence-corrected chi connectivity index (χ1v) is 10.9. The first-order chi connectivity index (χ1) is 15.3. The van der Waals surface area contributed by atoms with Gasteiger partial charge in [-0.1, -0.05) is 55.5 Å². The molecule has 0 aromatic heterocycles. The van der Waals surface area contributed by atoms with Gasteiger partial charge in [0.15, 0.2) is 0 Å². The minimum absolute atomic E-state index is 0.00180. The predicted octanol–water partition coefficient (Wildman–Crippen LogP) is 4.02. The number of nitrogens with zero attached hydrogens (tertiary/aromatic N) is 1. The largest absolute Gasteiger partial charge is 0.480 e. The van der Waals surface area contributed by atoms with Gasteiger partial charge in [0.1, 0.15) is 13.2 Å². The van der Waals surface area contributed by atoms with Gasteiger partial charge in [0, 0.05) is 24.4 Å². The Kier molecular flexibility index (Phi) is 7.51. The topological polar surface area (TPSA) is 95.9 Å². The number of hydrogen-bond donors (Lipinski definition) is 2. The number of aliphatic carboxylic acids is 1. The van der Waals surface area contributed by atoms with Crippen molar-refractivity contribution >= 4 is 18.0 Å². The van der Waals surface area contributed by atoms with E-state index in [9.17, 15) is 14.4 Å². The highest BCUT2D eigenvalue weighted by Crippen LogP contribution is 2.44. The van der Waals surface area contributed by atoms with Crippen LogP contribution >= 0.6 is 0 Å². The van der Waals surface area contributed by atoms with Crippen LogP contribution < -0.4 is 5.32 Å². The van der Waals surface area contributed by atoms with Crippen molar-refractivity contribution in [3.8, 4) is 11.1 Å². The highest BCUT2D eigenvalue weighted by molar-refractivity contribution is 5.82. The van der Waals surface area contributed by atoms with Crippen LogP contribution in [-0.4, -0.2) is 53.2 Å². The second-order valence-electron chi connectivity index (χ2n) is 8.25. The number of rotatable bonds is 9. The molecule has 0 spiro atoms. The molecule has 2 aromatic rings. The molecule has 2 unspecified atom stereocenters. The molecule has 1 aliphatic rings. The first kappa shape index (κ1) is 23.3. The van der Waals surface area contributed by atoms with Gasteiger partial charge in [0.05, 0.1) is 0 Å². The average Bonchev–Trinajstić information content (AvgIpc) is 3.09. The lowest BCUT2D eigenvalue weighted by molar-refractivity contribution is -0.146. The van der Waals surface area contributed by atoms with E-state index < -0.39 is 18.1 Å². The van der Waals surface area contributed by atoms with Crippen LogP contribution in [0.25, 0.3) is 11.1 Å². The highest BCUT2D eigenvalue weighted by atomic mass is 16.5. The number of fused-ring (bicyclic) bond motifs is 3. The summed E-state index contributed by atoms with van der Waals surface area (Å²) in [7, 11) is 0. The van der Waals surface area contributed by atoms with Crippen LogP contribution in [-0.2, 0) is 14.3 Å². The molecule has 0 aliphatic heterocycles. The number of carbonyl (C=O) groups is 3. The Balaban J connectivity index is 1.57. The van der Waals surface area contributed by atoms with Crippen LogP contribution in [0.3, 0.4) is 0 Å². The monoisotopic (exact) mass is 438 g/mol. The zero-order chi connectivity index (χ0) is 23.3. The van der Waals surface area contributed by atoms with E-state index in [2.05, 4.69) is 29.6 Å². The minimum Gasteiger partial charge on any atom is -0.480 e. The van der Waals surface area contributed by atoms with Gasteiger partial charge >= 0.3 is 12.1 Å². The Bertz CT molecular complexity index is 944. The summed E-state index contributed by atoms with van der Waals surface area (Å²) in [6.07, 6.45) is 0.0511. The van der Waals surface area contributed by atoms with Crippen LogP contribution in [0.1, 0.15) is 50.7 Å². The Morgan fingerprint density at radius 1 is 1.03 bits per heavy atom. The Morgan fingerprint density at radius 2 is 1.59 bits per heavy atom. The number of benzene rings is 2. The predicted molar refractivity (Wildman–Crippen MR) is 121 cm³/mol. The molecule has 2 amide bonds. The average molecular weight is 439 g/mol. The van der Waals surface area contributed by atoms with E-state index in [0.717, 1.165) is 22.3 Å². The van der Waals surface area contributed by atoms with Crippen LogP contribution in [0.5, 0.6) is 0 Å². The summed E-state index contributed by atoms with van der Waals surface area (Å²) in [5, 5.41) is 11.8. The van der Waals surface area contributed by atoms with Crippen molar-refractivity contribution in [2.45, 2.75) is 51.6 Å². The third kappa shape index (κ3) is 5.28. The van der Waals surface area contributed by atoms with Gasteiger partial charge in [0.25, 0.3) is 0 Å². The molecular formula is C25H30N2O5. The molecule has 2 N–H and O–H groups in total. The number of carbonyl (C=O) groups excluding carboxylic acids is 2. The van der Waals surface area contributed by atoms with Crippen molar-refractivity contribution in [3.63, 3.8) is 0 Å². The van der Waals surface area contributed by atoms with E-state index in [0.29, 0.717) is 6.42 Å². The summed E-state index contributed by atoms with van der Waals surface area (Å²) in [6, 6.07) is 15.5.